The molecule has 0 atom stereocenters. The standard InChI is InChI=1S/C18H10F4N2/c1-9-6-7-12-15-14(9)10-4-2-3-5-11(10)16-23-8-13(24(15)16)18(21,22)17(12,19)20/h2-8H,1H3/i1D3. The number of imidazole rings is 1. The lowest BCUT2D eigenvalue weighted by molar-refractivity contribution is -0.227. The van der Waals surface area contributed by atoms with Crippen molar-refractivity contribution in [2.24, 2.45) is 0 Å². The maximum Gasteiger partial charge on any atom is 0.356 e. The summed E-state index contributed by atoms with van der Waals surface area (Å²) in [6.45, 7) is -2.61. The predicted octanol–water partition coefficient (Wildman–Crippen LogP) is 5.15. The zero-order valence-electron chi connectivity index (χ0n) is 14.9. The molecule has 0 bridgehead atoms. The Morgan fingerprint density at radius 2 is 1.75 bits per heavy atom. The van der Waals surface area contributed by atoms with Gasteiger partial charge in [0.2, 0.25) is 0 Å². The number of fused-ring (bicyclic) bond motifs is 3. The van der Waals surface area contributed by atoms with E-state index >= 15 is 0 Å². The first kappa shape index (κ1) is 11.0. The first-order valence-corrected chi connectivity index (χ1v) is 7.19. The molecule has 0 unspecified atom stereocenters. The quantitative estimate of drug-likeness (QED) is 0.321. The Bertz CT molecular complexity index is 1270. The van der Waals surface area contributed by atoms with Gasteiger partial charge in [-0.25, -0.2) is 4.98 Å². The van der Waals surface area contributed by atoms with E-state index in [0.29, 0.717) is 10.8 Å². The summed E-state index contributed by atoms with van der Waals surface area (Å²) in [4.78, 5) is 3.96. The molecule has 0 spiro atoms. The fourth-order valence-electron chi connectivity index (χ4n) is 3.57. The third-order valence-corrected chi connectivity index (χ3v) is 4.65. The van der Waals surface area contributed by atoms with Crippen molar-refractivity contribution in [1.82, 2.24) is 9.38 Å². The van der Waals surface area contributed by atoms with Crippen LogP contribution in [0.3, 0.4) is 0 Å². The number of halogens is 4. The number of aryl methyl sites for hydroxylation is 1. The number of aromatic nitrogens is 2. The minimum Gasteiger partial charge on any atom is -0.290 e. The molecule has 0 radical (unpaired) electrons. The van der Waals surface area contributed by atoms with Gasteiger partial charge >= 0.3 is 11.8 Å². The van der Waals surface area contributed by atoms with Crippen LogP contribution >= 0.6 is 0 Å². The molecule has 2 nitrogen and oxygen atoms in total. The van der Waals surface area contributed by atoms with Crippen LogP contribution in [0.4, 0.5) is 17.6 Å². The molecular weight excluding hydrogens is 320 g/mol. The summed E-state index contributed by atoms with van der Waals surface area (Å²) in [6.07, 6.45) is 0.736. The molecule has 0 saturated carbocycles. The molecule has 0 fully saturated rings. The van der Waals surface area contributed by atoms with Gasteiger partial charge in [-0.2, -0.15) is 17.6 Å². The first-order chi connectivity index (χ1) is 12.6. The van der Waals surface area contributed by atoms with Crippen molar-refractivity contribution in [3.8, 4) is 0 Å². The van der Waals surface area contributed by atoms with E-state index in [1.807, 2.05) is 0 Å². The molecule has 0 aliphatic carbocycles. The van der Waals surface area contributed by atoms with Crippen molar-refractivity contribution in [3.63, 3.8) is 0 Å². The maximum absolute atomic E-state index is 14.7. The monoisotopic (exact) mass is 333 g/mol. The van der Waals surface area contributed by atoms with Crippen LogP contribution in [0.2, 0.25) is 0 Å². The van der Waals surface area contributed by atoms with Gasteiger partial charge < -0.3 is 0 Å². The predicted molar refractivity (Wildman–Crippen MR) is 82.7 cm³/mol. The minimum absolute atomic E-state index is 0.0185. The van der Waals surface area contributed by atoms with Crippen LogP contribution in [0.5, 0.6) is 0 Å². The number of hydrogen-bond donors (Lipinski definition) is 0. The highest BCUT2D eigenvalue weighted by Gasteiger charge is 2.63. The van der Waals surface area contributed by atoms with Crippen molar-refractivity contribution < 1.29 is 21.7 Å². The summed E-state index contributed by atoms with van der Waals surface area (Å²) in [6, 6.07) is 8.26. The average Bonchev–Trinajstić information content (AvgIpc) is 3.05. The Morgan fingerprint density at radius 3 is 2.50 bits per heavy atom. The second-order valence-corrected chi connectivity index (χ2v) is 5.88. The largest absolute Gasteiger partial charge is 0.356 e. The molecule has 5 rings (SSSR count). The molecular formula is C18H10F4N2. The van der Waals surface area contributed by atoms with Gasteiger partial charge in [-0.15, -0.1) is 0 Å². The fraction of sp³-hybridized carbons (Fsp3) is 0.167. The summed E-state index contributed by atoms with van der Waals surface area (Å²) >= 11 is 0. The fourth-order valence-corrected chi connectivity index (χ4v) is 3.57. The number of alkyl halides is 4. The smallest absolute Gasteiger partial charge is 0.290 e. The number of pyridine rings is 1. The van der Waals surface area contributed by atoms with E-state index in [9.17, 15) is 17.6 Å². The maximum atomic E-state index is 14.7. The van der Waals surface area contributed by atoms with Crippen LogP contribution in [-0.2, 0) is 11.8 Å². The van der Waals surface area contributed by atoms with Crippen LogP contribution in [0.15, 0.2) is 42.6 Å². The molecule has 6 heteroatoms. The molecule has 120 valence electrons. The van der Waals surface area contributed by atoms with Gasteiger partial charge in [-0.05, 0) is 17.8 Å². The lowest BCUT2D eigenvalue weighted by Crippen LogP contribution is -2.40. The van der Waals surface area contributed by atoms with Gasteiger partial charge in [-0.1, -0.05) is 36.4 Å². The number of rotatable bonds is 0. The molecule has 0 saturated heterocycles. The molecule has 2 aromatic carbocycles. The van der Waals surface area contributed by atoms with Crippen LogP contribution in [-0.4, -0.2) is 9.38 Å². The Kier molecular flexibility index (Phi) is 1.78. The van der Waals surface area contributed by atoms with Crippen LogP contribution in [0.25, 0.3) is 27.3 Å². The molecule has 0 amide bonds. The minimum atomic E-state index is -4.50. The Morgan fingerprint density at radius 1 is 1.00 bits per heavy atom. The van der Waals surface area contributed by atoms with Crippen LogP contribution < -0.4 is 0 Å². The molecule has 4 aromatic rings. The highest BCUT2D eigenvalue weighted by atomic mass is 19.3. The molecule has 1 aliphatic heterocycles. The molecule has 24 heavy (non-hydrogen) atoms. The highest BCUT2D eigenvalue weighted by molar-refractivity contribution is 6.14. The van der Waals surface area contributed by atoms with E-state index in [-0.39, 0.29) is 22.1 Å². The summed E-state index contributed by atoms with van der Waals surface area (Å²) in [5, 5.41) is 0.816. The normalized spacial score (nSPS) is 20.4. The van der Waals surface area contributed by atoms with Gasteiger partial charge in [-0.3, -0.25) is 4.40 Å². The Balaban J connectivity index is 2.20. The Labute approximate surface area is 137 Å². The SMILES string of the molecule is [2H]C([2H])([2H])c1ccc2c3c1c1ccccc1c1ncc(n13)C(F)(F)C2(F)F. The van der Waals surface area contributed by atoms with Gasteiger partial charge in [0.1, 0.15) is 11.3 Å². The van der Waals surface area contributed by atoms with E-state index in [4.69, 9.17) is 4.11 Å². The lowest BCUT2D eigenvalue weighted by atomic mass is 9.90. The van der Waals surface area contributed by atoms with E-state index in [0.717, 1.165) is 22.7 Å². The average molecular weight is 333 g/mol. The lowest BCUT2D eigenvalue weighted by Gasteiger charge is -2.32. The van der Waals surface area contributed by atoms with Gasteiger partial charge in [0.15, 0.2) is 0 Å². The van der Waals surface area contributed by atoms with Crippen LogP contribution in [0.1, 0.15) is 20.9 Å². The Hall–Kier alpha value is -2.63. The van der Waals surface area contributed by atoms with Crippen molar-refractivity contribution in [2.75, 3.05) is 0 Å². The van der Waals surface area contributed by atoms with Gasteiger partial charge in [0.25, 0.3) is 0 Å². The number of hydrogen-bond acceptors (Lipinski definition) is 1. The summed E-state index contributed by atoms with van der Waals surface area (Å²) in [5.41, 5.74) is -2.17. The van der Waals surface area contributed by atoms with Crippen molar-refractivity contribution >= 4 is 27.3 Å². The van der Waals surface area contributed by atoms with Gasteiger partial charge in [0.05, 0.1) is 17.3 Å². The van der Waals surface area contributed by atoms with Crippen molar-refractivity contribution in [3.05, 3.63) is 59.4 Å². The number of nitrogens with zero attached hydrogens (tertiary/aromatic N) is 2. The second-order valence-electron chi connectivity index (χ2n) is 5.88. The second kappa shape index (κ2) is 3.88. The molecule has 0 N–H and O–H groups in total. The van der Waals surface area contributed by atoms with Crippen molar-refractivity contribution in [1.29, 1.82) is 0 Å². The third-order valence-electron chi connectivity index (χ3n) is 4.65. The molecule has 3 heterocycles. The first-order valence-electron chi connectivity index (χ1n) is 8.69. The highest BCUT2D eigenvalue weighted by Crippen LogP contribution is 2.55. The zero-order valence-corrected chi connectivity index (χ0v) is 11.9. The molecule has 2 aromatic heterocycles. The van der Waals surface area contributed by atoms with E-state index in [2.05, 4.69) is 4.98 Å². The van der Waals surface area contributed by atoms with E-state index in [1.54, 1.807) is 24.3 Å². The van der Waals surface area contributed by atoms with Crippen LogP contribution in [0, 0.1) is 6.85 Å². The summed E-state index contributed by atoms with van der Waals surface area (Å²) in [5.74, 6) is -8.97. The summed E-state index contributed by atoms with van der Waals surface area (Å²) < 4.78 is 83.1. The molecule has 1 aliphatic rings. The van der Waals surface area contributed by atoms with Gasteiger partial charge in [0, 0.05) is 14.9 Å². The van der Waals surface area contributed by atoms with E-state index < -0.39 is 30.0 Å². The van der Waals surface area contributed by atoms with E-state index in [1.165, 1.54) is 0 Å². The topological polar surface area (TPSA) is 17.3 Å². The van der Waals surface area contributed by atoms with Crippen molar-refractivity contribution in [2.45, 2.75) is 18.7 Å². The summed E-state index contributed by atoms with van der Waals surface area (Å²) in [7, 11) is 0. The zero-order chi connectivity index (χ0) is 19.4. The number of benzene rings is 2. The third kappa shape index (κ3) is 1.28.